The van der Waals surface area contributed by atoms with Crippen molar-refractivity contribution in [1.29, 1.82) is 0 Å². The molecule has 0 fully saturated rings. The molecule has 0 unspecified atom stereocenters. The minimum Gasteiger partial charge on any atom is -0.434 e. The zero-order valence-corrected chi connectivity index (χ0v) is 8.87. The smallest absolute Gasteiger partial charge is 0.434 e. The van der Waals surface area contributed by atoms with Gasteiger partial charge in [-0.15, -0.1) is 5.53 Å². The highest BCUT2D eigenvalue weighted by Crippen LogP contribution is 2.28. The SMILES string of the molecule is CCCOC(=O)Oc1ccc2c(c1)NNN2. The number of rotatable bonds is 3. The van der Waals surface area contributed by atoms with Crippen molar-refractivity contribution in [2.24, 2.45) is 0 Å². The molecule has 0 aliphatic carbocycles. The number of benzene rings is 1. The lowest BCUT2D eigenvalue weighted by molar-refractivity contribution is 0.0992. The quantitative estimate of drug-likeness (QED) is 0.536. The van der Waals surface area contributed by atoms with E-state index in [2.05, 4.69) is 16.4 Å². The van der Waals surface area contributed by atoms with E-state index in [1.807, 2.05) is 6.92 Å². The van der Waals surface area contributed by atoms with Gasteiger partial charge in [-0.1, -0.05) is 6.92 Å². The highest BCUT2D eigenvalue weighted by molar-refractivity contribution is 5.74. The summed E-state index contributed by atoms with van der Waals surface area (Å²) in [6.07, 6.45) is 0.0926. The summed E-state index contributed by atoms with van der Waals surface area (Å²) >= 11 is 0. The van der Waals surface area contributed by atoms with Crippen molar-refractivity contribution in [3.63, 3.8) is 0 Å². The van der Waals surface area contributed by atoms with E-state index in [0.717, 1.165) is 17.8 Å². The predicted molar refractivity (Wildman–Crippen MR) is 59.1 cm³/mol. The van der Waals surface area contributed by atoms with Gasteiger partial charge in [-0.25, -0.2) is 4.79 Å². The van der Waals surface area contributed by atoms with Crippen LogP contribution in [0.1, 0.15) is 13.3 Å². The van der Waals surface area contributed by atoms with Crippen LogP contribution in [0.4, 0.5) is 16.2 Å². The average molecular weight is 223 g/mol. The summed E-state index contributed by atoms with van der Waals surface area (Å²) in [5.74, 6) is 0.442. The molecule has 86 valence electrons. The molecular weight excluding hydrogens is 210 g/mol. The number of hydrazine groups is 2. The van der Waals surface area contributed by atoms with Gasteiger partial charge in [0.15, 0.2) is 0 Å². The van der Waals surface area contributed by atoms with E-state index in [1.165, 1.54) is 0 Å². The Balaban J connectivity index is 1.97. The van der Waals surface area contributed by atoms with Crippen LogP contribution in [0, 0.1) is 0 Å². The van der Waals surface area contributed by atoms with Gasteiger partial charge in [0.2, 0.25) is 0 Å². The van der Waals surface area contributed by atoms with Crippen LogP contribution >= 0.6 is 0 Å². The second-order valence-corrected chi connectivity index (χ2v) is 3.28. The number of hydrogen-bond donors (Lipinski definition) is 3. The third-order valence-corrected chi connectivity index (χ3v) is 2.01. The fraction of sp³-hybridized carbons (Fsp3) is 0.300. The Morgan fingerprint density at radius 3 is 2.94 bits per heavy atom. The average Bonchev–Trinajstić information content (AvgIpc) is 2.73. The number of carbonyl (C=O) groups is 1. The molecule has 1 heterocycles. The van der Waals surface area contributed by atoms with Crippen LogP contribution in [0.15, 0.2) is 18.2 Å². The Labute approximate surface area is 92.9 Å². The van der Waals surface area contributed by atoms with E-state index in [1.54, 1.807) is 18.2 Å². The van der Waals surface area contributed by atoms with Gasteiger partial charge in [0.25, 0.3) is 0 Å². The van der Waals surface area contributed by atoms with E-state index in [-0.39, 0.29) is 0 Å². The van der Waals surface area contributed by atoms with Crippen molar-refractivity contribution in [2.75, 3.05) is 17.5 Å². The Morgan fingerprint density at radius 1 is 1.31 bits per heavy atom. The van der Waals surface area contributed by atoms with Gasteiger partial charge >= 0.3 is 6.16 Å². The van der Waals surface area contributed by atoms with E-state index in [0.29, 0.717) is 12.4 Å². The third-order valence-electron chi connectivity index (χ3n) is 2.01. The van der Waals surface area contributed by atoms with Crippen LogP contribution in [-0.2, 0) is 4.74 Å². The van der Waals surface area contributed by atoms with Crippen LogP contribution in [0.2, 0.25) is 0 Å². The van der Waals surface area contributed by atoms with Crippen molar-refractivity contribution in [3.8, 4) is 5.75 Å². The highest BCUT2D eigenvalue weighted by Gasteiger charge is 2.11. The molecule has 0 spiro atoms. The van der Waals surface area contributed by atoms with Crippen molar-refractivity contribution < 1.29 is 14.3 Å². The van der Waals surface area contributed by atoms with E-state index in [9.17, 15) is 4.79 Å². The van der Waals surface area contributed by atoms with E-state index in [4.69, 9.17) is 9.47 Å². The minimum atomic E-state index is -0.680. The number of nitrogens with one attached hydrogen (secondary N) is 3. The molecule has 16 heavy (non-hydrogen) atoms. The number of hydrogen-bond acceptors (Lipinski definition) is 6. The number of ether oxygens (including phenoxy) is 2. The Hall–Kier alpha value is -1.95. The van der Waals surface area contributed by atoms with Gasteiger partial charge in [-0.05, 0) is 18.6 Å². The van der Waals surface area contributed by atoms with Crippen LogP contribution < -0.4 is 21.1 Å². The number of anilines is 2. The van der Waals surface area contributed by atoms with Crippen LogP contribution in [0.25, 0.3) is 0 Å². The van der Waals surface area contributed by atoms with E-state index < -0.39 is 6.16 Å². The maximum atomic E-state index is 11.2. The standard InChI is InChI=1S/C10H13N3O3/c1-2-5-15-10(14)16-7-3-4-8-9(6-7)12-13-11-8/h3-4,6,11-13H,2,5H2,1H3. The fourth-order valence-electron chi connectivity index (χ4n) is 1.28. The molecule has 1 aliphatic rings. The molecule has 1 aromatic rings. The summed E-state index contributed by atoms with van der Waals surface area (Å²) in [7, 11) is 0. The lowest BCUT2D eigenvalue weighted by atomic mass is 10.2. The minimum absolute atomic E-state index is 0.366. The van der Waals surface area contributed by atoms with E-state index >= 15 is 0 Å². The molecule has 1 aromatic carbocycles. The van der Waals surface area contributed by atoms with Crippen LogP contribution in [-0.4, -0.2) is 12.8 Å². The third kappa shape index (κ3) is 2.34. The molecule has 0 amide bonds. The second-order valence-electron chi connectivity index (χ2n) is 3.28. The normalized spacial score (nSPS) is 12.3. The Morgan fingerprint density at radius 2 is 2.12 bits per heavy atom. The molecule has 0 atom stereocenters. The first-order valence-corrected chi connectivity index (χ1v) is 5.05. The van der Waals surface area contributed by atoms with Crippen LogP contribution in [0.3, 0.4) is 0 Å². The highest BCUT2D eigenvalue weighted by atomic mass is 16.7. The maximum Gasteiger partial charge on any atom is 0.513 e. The molecule has 6 nitrogen and oxygen atoms in total. The molecule has 0 radical (unpaired) electrons. The van der Waals surface area contributed by atoms with Gasteiger partial charge in [0.1, 0.15) is 5.75 Å². The molecule has 0 saturated heterocycles. The second kappa shape index (κ2) is 4.71. The summed E-state index contributed by atoms with van der Waals surface area (Å²) in [5, 5.41) is 0. The maximum absolute atomic E-state index is 11.2. The summed E-state index contributed by atoms with van der Waals surface area (Å²) in [4.78, 5) is 11.2. The summed E-state index contributed by atoms with van der Waals surface area (Å²) < 4.78 is 9.79. The number of fused-ring (bicyclic) bond motifs is 1. The molecule has 0 aromatic heterocycles. The largest absolute Gasteiger partial charge is 0.513 e. The van der Waals surface area contributed by atoms with Gasteiger partial charge in [-0.2, -0.15) is 0 Å². The summed E-state index contributed by atoms with van der Waals surface area (Å²) in [6, 6.07) is 5.19. The van der Waals surface area contributed by atoms with Gasteiger partial charge in [0, 0.05) is 6.07 Å². The molecular formula is C10H13N3O3. The van der Waals surface area contributed by atoms with Crippen molar-refractivity contribution in [2.45, 2.75) is 13.3 Å². The van der Waals surface area contributed by atoms with Crippen molar-refractivity contribution in [3.05, 3.63) is 18.2 Å². The molecule has 0 bridgehead atoms. The zero-order valence-electron chi connectivity index (χ0n) is 8.87. The molecule has 6 heteroatoms. The van der Waals surface area contributed by atoms with Gasteiger partial charge < -0.3 is 20.3 Å². The number of carbonyl (C=O) groups excluding carboxylic acids is 1. The first-order chi connectivity index (χ1) is 7.79. The lowest BCUT2D eigenvalue weighted by Gasteiger charge is -2.05. The van der Waals surface area contributed by atoms with Gasteiger partial charge in [-0.3, -0.25) is 0 Å². The molecule has 1 aliphatic heterocycles. The first kappa shape index (κ1) is 10.6. The van der Waals surface area contributed by atoms with Crippen LogP contribution in [0.5, 0.6) is 5.75 Å². The van der Waals surface area contributed by atoms with Gasteiger partial charge in [0.05, 0.1) is 18.0 Å². The Bertz CT molecular complexity index is 395. The Kier molecular flexibility index (Phi) is 3.11. The summed E-state index contributed by atoms with van der Waals surface area (Å²) in [6.45, 7) is 2.29. The topological polar surface area (TPSA) is 71.6 Å². The van der Waals surface area contributed by atoms with Crippen molar-refractivity contribution in [1.82, 2.24) is 5.53 Å². The fourth-order valence-corrected chi connectivity index (χ4v) is 1.28. The lowest BCUT2D eigenvalue weighted by Crippen LogP contribution is -2.19. The predicted octanol–water partition coefficient (Wildman–Crippen LogP) is 1.87. The molecule has 2 rings (SSSR count). The monoisotopic (exact) mass is 223 g/mol. The summed E-state index contributed by atoms with van der Waals surface area (Å²) in [5.41, 5.74) is 10.2. The zero-order chi connectivity index (χ0) is 11.4. The molecule has 3 N–H and O–H groups in total. The molecule has 0 saturated carbocycles. The first-order valence-electron chi connectivity index (χ1n) is 5.05. The van der Waals surface area contributed by atoms with Crippen molar-refractivity contribution >= 4 is 17.5 Å².